The number of rotatable bonds is 6. The standard InChI is InChI=1S/C14H15F3N4O2.ClH/c1-2-3-8-18-20-12(22)10-6-4-9(5-7-10)11-19-13(23-21-11)14(15,16)17;/h4-7,18H,2-3,8H2,1H3,(H,20,22);1H. The Morgan fingerprint density at radius 3 is 2.46 bits per heavy atom. The Hall–Kier alpha value is -2.13. The highest BCUT2D eigenvalue weighted by molar-refractivity contribution is 5.94. The van der Waals surface area contributed by atoms with E-state index in [2.05, 4.69) is 25.5 Å². The number of nitrogens with one attached hydrogen (secondary N) is 2. The molecule has 0 aliphatic rings. The van der Waals surface area contributed by atoms with Crippen LogP contribution in [0, 0.1) is 0 Å². The Morgan fingerprint density at radius 1 is 1.25 bits per heavy atom. The molecule has 0 saturated heterocycles. The van der Waals surface area contributed by atoms with E-state index in [0.29, 0.717) is 17.7 Å². The molecule has 0 radical (unpaired) electrons. The maximum atomic E-state index is 12.4. The number of halogens is 4. The fourth-order valence-electron chi connectivity index (χ4n) is 1.71. The van der Waals surface area contributed by atoms with Gasteiger partial charge in [0, 0.05) is 17.7 Å². The molecule has 6 nitrogen and oxygen atoms in total. The maximum Gasteiger partial charge on any atom is 0.471 e. The zero-order valence-corrected chi connectivity index (χ0v) is 13.5. The van der Waals surface area contributed by atoms with E-state index in [0.717, 1.165) is 12.8 Å². The van der Waals surface area contributed by atoms with E-state index in [4.69, 9.17) is 0 Å². The fourth-order valence-corrected chi connectivity index (χ4v) is 1.71. The lowest BCUT2D eigenvalue weighted by Crippen LogP contribution is -2.37. The molecule has 2 rings (SSSR count). The van der Waals surface area contributed by atoms with Crippen molar-refractivity contribution >= 4 is 18.3 Å². The number of carbonyl (C=O) groups is 1. The number of hydrogen-bond acceptors (Lipinski definition) is 5. The SMILES string of the molecule is CCCCNNC(=O)c1ccc(-c2noc(C(F)(F)F)n2)cc1.Cl. The Balaban J connectivity index is 0.00000288. The van der Waals surface area contributed by atoms with Gasteiger partial charge in [0.2, 0.25) is 5.82 Å². The van der Waals surface area contributed by atoms with Gasteiger partial charge in [-0.2, -0.15) is 18.2 Å². The minimum atomic E-state index is -4.69. The topological polar surface area (TPSA) is 80.0 Å². The summed E-state index contributed by atoms with van der Waals surface area (Å²) in [4.78, 5) is 15.1. The van der Waals surface area contributed by atoms with Gasteiger partial charge >= 0.3 is 12.1 Å². The first-order chi connectivity index (χ1) is 10.9. The summed E-state index contributed by atoms with van der Waals surface area (Å²) >= 11 is 0. The summed E-state index contributed by atoms with van der Waals surface area (Å²) in [6.45, 7) is 2.69. The monoisotopic (exact) mass is 364 g/mol. The molecule has 0 saturated carbocycles. The smallest absolute Gasteiger partial charge is 0.329 e. The van der Waals surface area contributed by atoms with Crippen molar-refractivity contribution in [2.45, 2.75) is 25.9 Å². The van der Waals surface area contributed by atoms with Crippen LogP contribution >= 0.6 is 12.4 Å². The van der Waals surface area contributed by atoms with Crippen molar-refractivity contribution < 1.29 is 22.5 Å². The average molecular weight is 365 g/mol. The molecular weight excluding hydrogens is 349 g/mol. The predicted octanol–water partition coefficient (Wildman–Crippen LogP) is 3.21. The Kier molecular flexibility index (Phi) is 7.18. The second kappa shape index (κ2) is 8.65. The van der Waals surface area contributed by atoms with Crippen LogP contribution < -0.4 is 10.9 Å². The van der Waals surface area contributed by atoms with Crippen LogP contribution in [0.2, 0.25) is 0 Å². The summed E-state index contributed by atoms with van der Waals surface area (Å²) in [7, 11) is 0. The van der Waals surface area contributed by atoms with Crippen LogP contribution in [0.4, 0.5) is 13.2 Å². The summed E-state index contributed by atoms with van der Waals surface area (Å²) < 4.78 is 41.4. The van der Waals surface area contributed by atoms with Gasteiger partial charge in [0.05, 0.1) is 0 Å². The van der Waals surface area contributed by atoms with Crippen molar-refractivity contribution in [3.8, 4) is 11.4 Å². The Labute approximate surface area is 142 Å². The summed E-state index contributed by atoms with van der Waals surface area (Å²) in [5, 5.41) is 3.28. The van der Waals surface area contributed by atoms with Gasteiger partial charge in [0.25, 0.3) is 5.91 Å². The van der Waals surface area contributed by atoms with Crippen LogP contribution in [0.3, 0.4) is 0 Å². The largest absolute Gasteiger partial charge is 0.471 e. The molecule has 132 valence electrons. The van der Waals surface area contributed by atoms with Crippen LogP contribution in [0.1, 0.15) is 36.0 Å². The van der Waals surface area contributed by atoms with Crippen LogP contribution in [-0.4, -0.2) is 22.6 Å². The van der Waals surface area contributed by atoms with Crippen LogP contribution in [-0.2, 0) is 6.18 Å². The first-order valence-electron chi connectivity index (χ1n) is 6.96. The highest BCUT2D eigenvalue weighted by Crippen LogP contribution is 2.29. The summed E-state index contributed by atoms with van der Waals surface area (Å²) in [6, 6.07) is 5.84. The molecule has 0 spiro atoms. The number of nitrogens with zero attached hydrogens (tertiary/aromatic N) is 2. The number of hydrazine groups is 1. The molecule has 0 bridgehead atoms. The van der Waals surface area contributed by atoms with Gasteiger partial charge < -0.3 is 4.52 Å². The van der Waals surface area contributed by atoms with E-state index in [-0.39, 0.29) is 24.1 Å². The Morgan fingerprint density at radius 2 is 1.92 bits per heavy atom. The van der Waals surface area contributed by atoms with E-state index < -0.39 is 12.1 Å². The van der Waals surface area contributed by atoms with Crippen molar-refractivity contribution in [2.75, 3.05) is 6.54 Å². The maximum absolute atomic E-state index is 12.4. The highest BCUT2D eigenvalue weighted by Gasteiger charge is 2.38. The van der Waals surface area contributed by atoms with Crippen LogP contribution in [0.15, 0.2) is 28.8 Å². The zero-order valence-electron chi connectivity index (χ0n) is 12.7. The van der Waals surface area contributed by atoms with E-state index in [1.807, 2.05) is 6.92 Å². The molecule has 24 heavy (non-hydrogen) atoms. The lowest BCUT2D eigenvalue weighted by atomic mass is 10.1. The Bertz CT molecular complexity index is 659. The fraction of sp³-hybridized carbons (Fsp3) is 0.357. The van der Waals surface area contributed by atoms with E-state index in [1.54, 1.807) is 0 Å². The third-order valence-electron chi connectivity index (χ3n) is 2.93. The van der Waals surface area contributed by atoms with Gasteiger partial charge in [-0.05, 0) is 18.6 Å². The molecule has 1 amide bonds. The second-order valence-corrected chi connectivity index (χ2v) is 4.73. The van der Waals surface area contributed by atoms with Gasteiger partial charge in [0.1, 0.15) is 0 Å². The van der Waals surface area contributed by atoms with Crippen LogP contribution in [0.25, 0.3) is 11.4 Å². The van der Waals surface area contributed by atoms with Crippen molar-refractivity contribution in [2.24, 2.45) is 0 Å². The number of benzene rings is 1. The van der Waals surface area contributed by atoms with Gasteiger partial charge in [-0.15, -0.1) is 12.4 Å². The average Bonchev–Trinajstić information content (AvgIpc) is 3.02. The third-order valence-corrected chi connectivity index (χ3v) is 2.93. The summed E-state index contributed by atoms with van der Waals surface area (Å²) in [5.41, 5.74) is 5.99. The molecule has 2 N–H and O–H groups in total. The molecule has 1 heterocycles. The molecule has 1 aromatic heterocycles. The van der Waals surface area contributed by atoms with Gasteiger partial charge in [0.15, 0.2) is 0 Å². The lowest BCUT2D eigenvalue weighted by molar-refractivity contribution is -0.159. The van der Waals surface area contributed by atoms with E-state index >= 15 is 0 Å². The van der Waals surface area contributed by atoms with E-state index in [1.165, 1.54) is 24.3 Å². The van der Waals surface area contributed by atoms with Gasteiger partial charge in [-0.25, -0.2) is 5.43 Å². The van der Waals surface area contributed by atoms with Crippen LogP contribution in [0.5, 0.6) is 0 Å². The quantitative estimate of drug-likeness (QED) is 0.607. The normalized spacial score (nSPS) is 11.0. The van der Waals surface area contributed by atoms with Gasteiger partial charge in [-0.1, -0.05) is 30.6 Å². The number of alkyl halides is 3. The number of amides is 1. The summed E-state index contributed by atoms with van der Waals surface area (Å²) in [6.07, 6.45) is -2.75. The number of aromatic nitrogens is 2. The van der Waals surface area contributed by atoms with Crippen molar-refractivity contribution in [3.63, 3.8) is 0 Å². The molecule has 0 aliphatic heterocycles. The predicted molar refractivity (Wildman–Crippen MR) is 82.4 cm³/mol. The summed E-state index contributed by atoms with van der Waals surface area (Å²) in [5.74, 6) is -1.93. The first kappa shape index (κ1) is 19.9. The minimum absolute atomic E-state index is 0. The molecule has 0 fully saturated rings. The minimum Gasteiger partial charge on any atom is -0.329 e. The molecule has 0 unspecified atom stereocenters. The second-order valence-electron chi connectivity index (χ2n) is 4.73. The van der Waals surface area contributed by atoms with Crippen molar-refractivity contribution in [3.05, 3.63) is 35.7 Å². The zero-order chi connectivity index (χ0) is 16.9. The van der Waals surface area contributed by atoms with Gasteiger partial charge in [-0.3, -0.25) is 10.2 Å². The molecule has 10 heteroatoms. The molecule has 0 atom stereocenters. The number of carbonyl (C=O) groups excluding carboxylic acids is 1. The number of hydrogen-bond donors (Lipinski definition) is 2. The molecule has 0 aliphatic carbocycles. The molecule has 2 aromatic rings. The lowest BCUT2D eigenvalue weighted by Gasteiger charge is -2.06. The van der Waals surface area contributed by atoms with Crippen molar-refractivity contribution in [1.82, 2.24) is 21.0 Å². The third kappa shape index (κ3) is 5.20. The van der Waals surface area contributed by atoms with Crippen molar-refractivity contribution in [1.29, 1.82) is 0 Å². The number of unbranched alkanes of at least 4 members (excludes halogenated alkanes) is 1. The molecular formula is C14H16ClF3N4O2. The molecule has 1 aromatic carbocycles. The first-order valence-corrected chi connectivity index (χ1v) is 6.96. The highest BCUT2D eigenvalue weighted by atomic mass is 35.5. The van der Waals surface area contributed by atoms with E-state index in [9.17, 15) is 18.0 Å².